The molecule has 1 N–H and O–H groups in total. The highest BCUT2D eigenvalue weighted by Crippen LogP contribution is 2.21. The number of imidazole rings is 1. The molecule has 0 atom stereocenters. The second-order valence-electron chi connectivity index (χ2n) is 6.44. The summed E-state index contributed by atoms with van der Waals surface area (Å²) < 4.78 is 3.39. The molecule has 0 saturated heterocycles. The van der Waals surface area contributed by atoms with Gasteiger partial charge in [-0.25, -0.2) is 9.78 Å². The van der Waals surface area contributed by atoms with E-state index in [9.17, 15) is 9.59 Å². The lowest BCUT2D eigenvalue weighted by Gasteiger charge is -2.05. The predicted octanol–water partition coefficient (Wildman–Crippen LogP) is 2.97. The third kappa shape index (κ3) is 3.62. The molecular formula is C19H24N4O2S. The Bertz CT molecular complexity index is 1030. The molecule has 0 amide bonds. The lowest BCUT2D eigenvalue weighted by Crippen LogP contribution is -2.31. The molecule has 0 aliphatic heterocycles. The summed E-state index contributed by atoms with van der Waals surface area (Å²) in [5.41, 5.74) is 2.77. The smallest absolute Gasteiger partial charge is 0.325 e. The first-order valence-electron chi connectivity index (χ1n) is 8.83. The van der Waals surface area contributed by atoms with Gasteiger partial charge in [0.25, 0.3) is 5.56 Å². The molecule has 3 rings (SSSR count). The molecule has 6 nitrogen and oxygen atoms in total. The number of hydrogen-bond donors (Lipinski definition) is 1. The minimum Gasteiger partial charge on any atom is -0.325 e. The van der Waals surface area contributed by atoms with E-state index in [4.69, 9.17) is 0 Å². The standard InChI is InChI=1S/C19H24N4O2S/c1-4-5-10-23-17-16(18(24)21-19(23)25)22(3)15(20-17)12-26-11-14-9-7-6-8-13(14)2/h6-9H,4-5,10-12H2,1-3H3,(H,21,24,25). The fraction of sp³-hybridized carbons (Fsp3) is 0.421. The summed E-state index contributed by atoms with van der Waals surface area (Å²) in [5.74, 6) is 2.37. The molecule has 0 aliphatic rings. The van der Waals surface area contributed by atoms with Crippen LogP contribution in [0, 0.1) is 6.92 Å². The number of rotatable bonds is 7. The van der Waals surface area contributed by atoms with Crippen molar-refractivity contribution >= 4 is 22.9 Å². The molecule has 0 spiro atoms. The third-order valence-electron chi connectivity index (χ3n) is 4.59. The van der Waals surface area contributed by atoms with Crippen LogP contribution < -0.4 is 11.2 Å². The van der Waals surface area contributed by atoms with Crippen LogP contribution in [0.15, 0.2) is 33.9 Å². The van der Waals surface area contributed by atoms with E-state index in [0.29, 0.717) is 23.5 Å². The Morgan fingerprint density at radius 1 is 1.19 bits per heavy atom. The quantitative estimate of drug-likeness (QED) is 0.692. The van der Waals surface area contributed by atoms with Crippen LogP contribution in [0.25, 0.3) is 11.2 Å². The fourth-order valence-corrected chi connectivity index (χ4v) is 4.06. The van der Waals surface area contributed by atoms with Crippen LogP contribution in [0.4, 0.5) is 0 Å². The van der Waals surface area contributed by atoms with Crippen LogP contribution in [0.1, 0.15) is 36.7 Å². The maximum atomic E-state index is 12.3. The number of unbranched alkanes of at least 4 members (excludes halogenated alkanes) is 1. The van der Waals surface area contributed by atoms with Gasteiger partial charge in [0.05, 0.1) is 5.75 Å². The molecule has 138 valence electrons. The zero-order valence-corrected chi connectivity index (χ0v) is 16.2. The number of nitrogens with one attached hydrogen (secondary N) is 1. The summed E-state index contributed by atoms with van der Waals surface area (Å²) in [7, 11) is 1.84. The van der Waals surface area contributed by atoms with Gasteiger partial charge in [-0.05, 0) is 24.5 Å². The van der Waals surface area contributed by atoms with Crippen LogP contribution in [0.5, 0.6) is 0 Å². The van der Waals surface area contributed by atoms with Crippen molar-refractivity contribution in [1.29, 1.82) is 0 Å². The monoisotopic (exact) mass is 372 g/mol. The highest BCUT2D eigenvalue weighted by molar-refractivity contribution is 7.97. The predicted molar refractivity (Wildman–Crippen MR) is 107 cm³/mol. The summed E-state index contributed by atoms with van der Waals surface area (Å²) >= 11 is 1.75. The normalized spacial score (nSPS) is 11.3. The van der Waals surface area contributed by atoms with Gasteiger partial charge >= 0.3 is 5.69 Å². The van der Waals surface area contributed by atoms with Crippen molar-refractivity contribution in [3.63, 3.8) is 0 Å². The molecule has 2 aromatic heterocycles. The number of aromatic amines is 1. The molecule has 0 unspecified atom stereocenters. The minimum absolute atomic E-state index is 0.372. The van der Waals surface area contributed by atoms with Gasteiger partial charge in [0.15, 0.2) is 11.2 Å². The van der Waals surface area contributed by atoms with Gasteiger partial charge in [-0.2, -0.15) is 0 Å². The molecule has 1 aromatic carbocycles. The van der Waals surface area contributed by atoms with E-state index < -0.39 is 0 Å². The second kappa shape index (κ2) is 7.95. The van der Waals surface area contributed by atoms with Crippen molar-refractivity contribution < 1.29 is 0 Å². The van der Waals surface area contributed by atoms with E-state index in [1.165, 1.54) is 11.1 Å². The van der Waals surface area contributed by atoms with Gasteiger partial charge in [0.1, 0.15) is 5.82 Å². The van der Waals surface area contributed by atoms with Crippen molar-refractivity contribution in [3.8, 4) is 0 Å². The van der Waals surface area contributed by atoms with Crippen LogP contribution in [0.3, 0.4) is 0 Å². The second-order valence-corrected chi connectivity index (χ2v) is 7.43. The van der Waals surface area contributed by atoms with E-state index in [2.05, 4.69) is 35.9 Å². The van der Waals surface area contributed by atoms with Gasteiger partial charge in [-0.15, -0.1) is 11.8 Å². The van der Waals surface area contributed by atoms with Crippen LogP contribution >= 0.6 is 11.8 Å². The molecule has 2 heterocycles. The average Bonchev–Trinajstić information content (AvgIpc) is 2.93. The number of thioether (sulfide) groups is 1. The number of aryl methyl sites for hydroxylation is 3. The lowest BCUT2D eigenvalue weighted by atomic mass is 10.1. The molecular weight excluding hydrogens is 348 g/mol. The fourth-order valence-electron chi connectivity index (χ4n) is 2.97. The Kier molecular flexibility index (Phi) is 5.66. The zero-order chi connectivity index (χ0) is 18.7. The van der Waals surface area contributed by atoms with Crippen LogP contribution in [0.2, 0.25) is 0 Å². The summed E-state index contributed by atoms with van der Waals surface area (Å²) in [6.45, 7) is 4.74. The van der Waals surface area contributed by atoms with Crippen LogP contribution in [-0.2, 0) is 25.1 Å². The van der Waals surface area contributed by atoms with Gasteiger partial charge in [-0.3, -0.25) is 14.3 Å². The van der Waals surface area contributed by atoms with Gasteiger partial charge in [0.2, 0.25) is 0 Å². The van der Waals surface area contributed by atoms with Gasteiger partial charge in [-0.1, -0.05) is 37.6 Å². The van der Waals surface area contributed by atoms with Gasteiger partial charge < -0.3 is 4.57 Å². The molecule has 0 radical (unpaired) electrons. The summed E-state index contributed by atoms with van der Waals surface area (Å²) in [6, 6.07) is 8.32. The lowest BCUT2D eigenvalue weighted by molar-refractivity contribution is 0.613. The Labute approximate surface area is 156 Å². The third-order valence-corrected chi connectivity index (χ3v) is 5.57. The molecule has 0 aliphatic carbocycles. The maximum Gasteiger partial charge on any atom is 0.330 e. The van der Waals surface area contributed by atoms with Crippen molar-refractivity contribution in [3.05, 3.63) is 62.1 Å². The Morgan fingerprint density at radius 3 is 2.69 bits per heavy atom. The maximum absolute atomic E-state index is 12.3. The number of nitrogens with zero attached hydrogens (tertiary/aromatic N) is 3. The summed E-state index contributed by atoms with van der Waals surface area (Å²) in [5, 5.41) is 0. The SMILES string of the molecule is CCCCn1c(=O)[nH]c(=O)c2c1nc(CSCc1ccccc1C)n2C. The largest absolute Gasteiger partial charge is 0.330 e. The van der Waals surface area contributed by atoms with E-state index in [0.717, 1.165) is 24.4 Å². The topological polar surface area (TPSA) is 72.7 Å². The number of hydrogen-bond acceptors (Lipinski definition) is 4. The molecule has 0 saturated carbocycles. The Balaban J connectivity index is 1.88. The van der Waals surface area contributed by atoms with E-state index in [1.54, 1.807) is 20.9 Å². The van der Waals surface area contributed by atoms with Crippen molar-refractivity contribution in [1.82, 2.24) is 19.1 Å². The van der Waals surface area contributed by atoms with Crippen molar-refractivity contribution in [2.75, 3.05) is 0 Å². The number of fused-ring (bicyclic) bond motifs is 1. The van der Waals surface area contributed by atoms with E-state index >= 15 is 0 Å². The van der Waals surface area contributed by atoms with Crippen molar-refractivity contribution in [2.45, 2.75) is 44.7 Å². The first kappa shape index (κ1) is 18.5. The van der Waals surface area contributed by atoms with Crippen molar-refractivity contribution in [2.24, 2.45) is 7.05 Å². The Hall–Kier alpha value is -2.28. The highest BCUT2D eigenvalue weighted by Gasteiger charge is 2.16. The molecule has 26 heavy (non-hydrogen) atoms. The molecule has 0 bridgehead atoms. The summed E-state index contributed by atoms with van der Waals surface area (Å²) in [4.78, 5) is 31.5. The average molecular weight is 372 g/mol. The van der Waals surface area contributed by atoms with Crippen LogP contribution in [-0.4, -0.2) is 19.1 Å². The van der Waals surface area contributed by atoms with E-state index in [-0.39, 0.29) is 11.2 Å². The summed E-state index contributed by atoms with van der Waals surface area (Å²) in [6.07, 6.45) is 1.84. The highest BCUT2D eigenvalue weighted by atomic mass is 32.2. The molecule has 3 aromatic rings. The van der Waals surface area contributed by atoms with E-state index in [1.807, 2.05) is 19.2 Å². The Morgan fingerprint density at radius 2 is 1.96 bits per heavy atom. The first-order chi connectivity index (χ1) is 12.5. The number of H-pyrrole nitrogens is 1. The minimum atomic E-state index is -0.381. The zero-order valence-electron chi connectivity index (χ0n) is 15.4. The molecule has 0 fully saturated rings. The number of aromatic nitrogens is 4. The number of benzene rings is 1. The van der Waals surface area contributed by atoms with Gasteiger partial charge in [0, 0.05) is 19.3 Å². The first-order valence-corrected chi connectivity index (χ1v) is 9.99. The molecule has 7 heteroatoms.